The summed E-state index contributed by atoms with van der Waals surface area (Å²) in [6.45, 7) is 1.53. The smallest absolute Gasteiger partial charge is 0.186 e. The minimum absolute atomic E-state index is 0.0676. The molecule has 0 saturated heterocycles. The summed E-state index contributed by atoms with van der Waals surface area (Å²) in [6, 6.07) is 5.02. The fourth-order valence-electron chi connectivity index (χ4n) is 0.983. The molecular weight excluding hydrogens is 232 g/mol. The first-order valence-corrected chi connectivity index (χ1v) is 5.74. The van der Waals surface area contributed by atoms with Crippen molar-refractivity contribution in [2.45, 2.75) is 6.92 Å². The summed E-state index contributed by atoms with van der Waals surface area (Å²) in [7, 11) is 0. The highest BCUT2D eigenvalue weighted by Crippen LogP contribution is 2.24. The molecule has 0 aromatic heterocycles. The van der Waals surface area contributed by atoms with Crippen molar-refractivity contribution in [3.8, 4) is 5.75 Å². The van der Waals surface area contributed by atoms with Crippen LogP contribution >= 0.6 is 23.4 Å². The zero-order valence-corrected chi connectivity index (χ0v) is 9.81. The van der Waals surface area contributed by atoms with Gasteiger partial charge < -0.3 is 5.11 Å². The molecule has 0 aliphatic carbocycles. The van der Waals surface area contributed by atoms with Crippen molar-refractivity contribution in [1.82, 2.24) is 0 Å². The van der Waals surface area contributed by atoms with Crippen LogP contribution in [0.15, 0.2) is 24.3 Å². The van der Waals surface area contributed by atoms with Gasteiger partial charge in [-0.15, -0.1) is 0 Å². The first kappa shape index (κ1) is 12.1. The number of phenolic OH excluding ortho intramolecular Hbond substituents is 1. The third-order valence-corrected chi connectivity index (χ3v) is 2.75. The van der Waals surface area contributed by atoms with E-state index in [0.717, 1.165) is 5.56 Å². The van der Waals surface area contributed by atoms with Crippen molar-refractivity contribution in [2.75, 3.05) is 5.75 Å². The van der Waals surface area contributed by atoms with E-state index in [-0.39, 0.29) is 10.9 Å². The molecule has 0 heterocycles. The predicted octanol–water partition coefficient (Wildman–Crippen LogP) is 3.34. The molecule has 0 spiro atoms. The number of hydrogen-bond donors (Lipinski definition) is 1. The van der Waals surface area contributed by atoms with E-state index in [0.29, 0.717) is 10.8 Å². The Morgan fingerprint density at radius 3 is 2.93 bits per heavy atom. The van der Waals surface area contributed by atoms with Gasteiger partial charge in [0.15, 0.2) is 5.12 Å². The molecule has 1 aromatic carbocycles. The lowest BCUT2D eigenvalue weighted by Gasteiger charge is -1.97. The molecule has 15 heavy (non-hydrogen) atoms. The maximum Gasteiger partial charge on any atom is 0.186 e. The summed E-state index contributed by atoms with van der Waals surface area (Å²) in [6.07, 6.45) is 3.71. The summed E-state index contributed by atoms with van der Waals surface area (Å²) < 4.78 is 0. The number of carbonyl (C=O) groups is 1. The van der Waals surface area contributed by atoms with Gasteiger partial charge in [-0.3, -0.25) is 4.79 Å². The molecule has 1 rings (SSSR count). The number of carbonyl (C=O) groups excluding carboxylic acids is 1. The molecule has 1 N–H and O–H groups in total. The Balaban J connectivity index is 2.57. The Labute approximate surface area is 97.9 Å². The van der Waals surface area contributed by atoms with E-state index in [2.05, 4.69) is 0 Å². The average Bonchev–Trinajstić information content (AvgIpc) is 2.18. The summed E-state index contributed by atoms with van der Waals surface area (Å²) in [4.78, 5) is 10.6. The molecule has 80 valence electrons. The van der Waals surface area contributed by atoms with E-state index in [9.17, 15) is 9.90 Å². The standard InChI is InChI=1S/C11H11ClO2S/c1-8(13)15-6-2-3-9-4-5-10(12)11(14)7-9/h2-5,7,14H,6H2,1H3. The van der Waals surface area contributed by atoms with E-state index in [1.807, 2.05) is 12.2 Å². The second-order valence-electron chi connectivity index (χ2n) is 2.92. The van der Waals surface area contributed by atoms with Gasteiger partial charge in [-0.1, -0.05) is 41.6 Å². The van der Waals surface area contributed by atoms with Gasteiger partial charge >= 0.3 is 0 Å². The molecule has 4 heteroatoms. The highest BCUT2D eigenvalue weighted by molar-refractivity contribution is 8.13. The Kier molecular flexibility index (Phi) is 4.72. The fraction of sp³-hybridized carbons (Fsp3) is 0.182. The zero-order valence-electron chi connectivity index (χ0n) is 8.24. The van der Waals surface area contributed by atoms with Crippen molar-refractivity contribution in [3.05, 3.63) is 34.9 Å². The maximum absolute atomic E-state index is 10.6. The number of aromatic hydroxyl groups is 1. The number of phenols is 1. The molecule has 0 aliphatic rings. The molecule has 0 amide bonds. The molecule has 0 atom stereocenters. The van der Waals surface area contributed by atoms with Crippen LogP contribution in [0.3, 0.4) is 0 Å². The lowest BCUT2D eigenvalue weighted by atomic mass is 10.2. The van der Waals surface area contributed by atoms with Crippen molar-refractivity contribution in [2.24, 2.45) is 0 Å². The monoisotopic (exact) mass is 242 g/mol. The number of thioether (sulfide) groups is 1. The molecule has 0 fully saturated rings. The van der Waals surface area contributed by atoms with E-state index in [1.165, 1.54) is 18.7 Å². The van der Waals surface area contributed by atoms with E-state index in [1.54, 1.807) is 18.2 Å². The maximum atomic E-state index is 10.6. The third-order valence-electron chi connectivity index (χ3n) is 1.66. The van der Waals surface area contributed by atoms with Crippen LogP contribution in [0.2, 0.25) is 5.02 Å². The highest BCUT2D eigenvalue weighted by atomic mass is 35.5. The summed E-state index contributed by atoms with van der Waals surface area (Å²) in [5.74, 6) is 0.705. The quantitative estimate of drug-likeness (QED) is 0.883. The van der Waals surface area contributed by atoms with E-state index >= 15 is 0 Å². The largest absolute Gasteiger partial charge is 0.506 e. The van der Waals surface area contributed by atoms with Crippen LogP contribution < -0.4 is 0 Å². The lowest BCUT2D eigenvalue weighted by Crippen LogP contribution is -1.81. The van der Waals surface area contributed by atoms with Crippen molar-refractivity contribution < 1.29 is 9.90 Å². The van der Waals surface area contributed by atoms with Crippen LogP contribution in [0.25, 0.3) is 6.08 Å². The van der Waals surface area contributed by atoms with Crippen molar-refractivity contribution >= 4 is 34.6 Å². The van der Waals surface area contributed by atoms with Gasteiger partial charge in [0.2, 0.25) is 0 Å². The molecule has 0 bridgehead atoms. The van der Waals surface area contributed by atoms with Gasteiger partial charge in [-0.2, -0.15) is 0 Å². The number of rotatable bonds is 3. The summed E-state index contributed by atoms with van der Waals surface area (Å²) in [5.41, 5.74) is 0.862. The Morgan fingerprint density at radius 2 is 2.33 bits per heavy atom. The van der Waals surface area contributed by atoms with Gasteiger partial charge in [0.1, 0.15) is 5.75 Å². The van der Waals surface area contributed by atoms with Crippen LogP contribution in [0.1, 0.15) is 12.5 Å². The highest BCUT2D eigenvalue weighted by Gasteiger charge is 1.97. The molecule has 0 aliphatic heterocycles. The van der Waals surface area contributed by atoms with E-state index in [4.69, 9.17) is 11.6 Å². The average molecular weight is 243 g/mol. The Bertz CT molecular complexity index is 388. The van der Waals surface area contributed by atoms with E-state index < -0.39 is 0 Å². The number of hydrogen-bond acceptors (Lipinski definition) is 3. The van der Waals surface area contributed by atoms with Crippen LogP contribution in [-0.4, -0.2) is 16.0 Å². The number of benzene rings is 1. The van der Waals surface area contributed by atoms with Gasteiger partial charge in [0.25, 0.3) is 0 Å². The molecule has 1 aromatic rings. The minimum Gasteiger partial charge on any atom is -0.506 e. The normalized spacial score (nSPS) is 10.8. The Morgan fingerprint density at radius 1 is 1.60 bits per heavy atom. The third kappa shape index (κ3) is 4.40. The van der Waals surface area contributed by atoms with Crippen LogP contribution in [0, 0.1) is 0 Å². The molecule has 2 nitrogen and oxygen atoms in total. The minimum atomic E-state index is 0.0676. The van der Waals surface area contributed by atoms with Crippen LogP contribution in [-0.2, 0) is 4.79 Å². The first-order valence-electron chi connectivity index (χ1n) is 4.38. The molecule has 0 saturated carbocycles. The SMILES string of the molecule is CC(=O)SCC=Cc1ccc(Cl)c(O)c1. The lowest BCUT2D eigenvalue weighted by molar-refractivity contribution is -0.109. The van der Waals surface area contributed by atoms with Gasteiger partial charge in [-0.05, 0) is 17.7 Å². The van der Waals surface area contributed by atoms with Gasteiger partial charge in [0, 0.05) is 12.7 Å². The summed E-state index contributed by atoms with van der Waals surface area (Å²) in [5, 5.41) is 9.75. The topological polar surface area (TPSA) is 37.3 Å². The number of halogens is 1. The molecule has 0 radical (unpaired) electrons. The summed E-state index contributed by atoms with van der Waals surface area (Å²) >= 11 is 6.90. The Hall–Kier alpha value is -0.930. The molecule has 0 unspecified atom stereocenters. The van der Waals surface area contributed by atoms with Gasteiger partial charge in [-0.25, -0.2) is 0 Å². The second kappa shape index (κ2) is 5.83. The molecular formula is C11H11ClO2S. The van der Waals surface area contributed by atoms with Gasteiger partial charge in [0.05, 0.1) is 5.02 Å². The van der Waals surface area contributed by atoms with Crippen molar-refractivity contribution in [1.29, 1.82) is 0 Å². The van der Waals surface area contributed by atoms with Crippen LogP contribution in [0.5, 0.6) is 5.75 Å². The van der Waals surface area contributed by atoms with Crippen molar-refractivity contribution in [3.63, 3.8) is 0 Å². The van der Waals surface area contributed by atoms with Crippen LogP contribution in [0.4, 0.5) is 0 Å². The fourth-order valence-corrected chi connectivity index (χ4v) is 1.53. The second-order valence-corrected chi connectivity index (χ2v) is 4.52. The zero-order chi connectivity index (χ0) is 11.3. The first-order chi connectivity index (χ1) is 7.09. The predicted molar refractivity (Wildman–Crippen MR) is 65.3 cm³/mol.